The van der Waals surface area contributed by atoms with Crippen molar-refractivity contribution in [3.63, 3.8) is 0 Å². The average molecular weight is 489 g/mol. The highest BCUT2D eigenvalue weighted by Gasteiger charge is 2.31. The summed E-state index contributed by atoms with van der Waals surface area (Å²) in [4.78, 5) is 8.66. The van der Waals surface area contributed by atoms with E-state index < -0.39 is 32.1 Å². The Morgan fingerprint density at radius 3 is 2.61 bits per heavy atom. The zero-order chi connectivity index (χ0) is 33.4. The van der Waals surface area contributed by atoms with Crippen molar-refractivity contribution in [3.05, 3.63) is 83.2 Å². The Labute approximate surface area is 225 Å². The maximum Gasteiger partial charge on any atom is 0.227 e. The van der Waals surface area contributed by atoms with Crippen LogP contribution in [-0.2, 0) is 0 Å². The minimum atomic E-state index is -2.66. The number of hydrogen-bond donors (Lipinski definition) is 0. The summed E-state index contributed by atoms with van der Waals surface area (Å²) in [5.74, 6) is -1.18. The number of aryl methyl sites for hydroxylation is 3. The first-order chi connectivity index (χ1) is 21.3. The molecule has 5 aromatic rings. The highest BCUT2D eigenvalue weighted by molar-refractivity contribution is 6.08. The summed E-state index contributed by atoms with van der Waals surface area (Å²) in [6, 6.07) is 14.4. The average Bonchev–Trinajstić information content (AvgIpc) is 3.35. The van der Waals surface area contributed by atoms with Gasteiger partial charge in [0.25, 0.3) is 0 Å². The Morgan fingerprint density at radius 1 is 0.944 bits per heavy atom. The molecule has 182 valence electrons. The number of hydrogen-bond acceptors (Lipinski definition) is 3. The van der Waals surface area contributed by atoms with E-state index in [1.165, 1.54) is 37.4 Å². The molecular formula is C32H31FN2O. The SMILES string of the molecule is [2H]C([2H])([2H])c1ccc2c(n1)oc1c(-c3cc(-c4ccc(C5([2H])CCC(C)(F)CC5)cc4C([2H])([2H])[2H])c(C([2H])([2H])[2H])cn3)cccc12. The molecule has 1 saturated carbocycles. The lowest BCUT2D eigenvalue weighted by atomic mass is 9.77. The standard InChI is InChI=1S/C32H31FN2O/c1-19-16-23(22-12-14-32(4,33)15-13-22)9-11-24(19)28-17-29(34-18-20(28)2)27-7-5-6-25-26-10-8-21(3)35-31(26)36-30(25)27/h5-11,16-18,22H,12-15H2,1-4H3/i1D3,2D3,3D3,22D. The lowest BCUT2D eigenvalue weighted by molar-refractivity contribution is 0.120. The molecule has 6 rings (SSSR count). The van der Waals surface area contributed by atoms with Gasteiger partial charge in [0.15, 0.2) is 0 Å². The number of halogens is 1. The molecule has 3 heterocycles. The number of alkyl halides is 1. The lowest BCUT2D eigenvalue weighted by Gasteiger charge is -2.31. The molecule has 0 radical (unpaired) electrons. The van der Waals surface area contributed by atoms with Crippen LogP contribution in [0.1, 0.15) is 74.6 Å². The number of aromatic nitrogens is 2. The normalized spacial score (nSPS) is 27.5. The van der Waals surface area contributed by atoms with E-state index in [0.717, 1.165) is 0 Å². The summed E-state index contributed by atoms with van der Waals surface area (Å²) in [6.45, 7) is -6.22. The first kappa shape index (κ1) is 14.3. The molecule has 0 unspecified atom stereocenters. The monoisotopic (exact) mass is 488 g/mol. The van der Waals surface area contributed by atoms with Crippen molar-refractivity contribution in [2.45, 2.75) is 64.7 Å². The topological polar surface area (TPSA) is 38.9 Å². The van der Waals surface area contributed by atoms with Crippen LogP contribution in [-0.4, -0.2) is 15.6 Å². The van der Waals surface area contributed by atoms with Crippen LogP contribution >= 0.6 is 0 Å². The van der Waals surface area contributed by atoms with Crippen molar-refractivity contribution in [3.8, 4) is 22.4 Å². The molecule has 1 aliphatic rings. The highest BCUT2D eigenvalue weighted by Crippen LogP contribution is 2.41. The molecule has 0 amide bonds. The van der Waals surface area contributed by atoms with Gasteiger partial charge >= 0.3 is 0 Å². The molecule has 0 aliphatic heterocycles. The molecule has 3 aromatic heterocycles. The van der Waals surface area contributed by atoms with Crippen molar-refractivity contribution in [2.24, 2.45) is 0 Å². The van der Waals surface area contributed by atoms with Gasteiger partial charge in [-0.05, 0) is 111 Å². The second-order valence-corrected chi connectivity index (χ2v) is 9.73. The molecule has 0 spiro atoms. The lowest BCUT2D eigenvalue weighted by Crippen LogP contribution is -2.25. The van der Waals surface area contributed by atoms with Gasteiger partial charge in [0.1, 0.15) is 11.3 Å². The van der Waals surface area contributed by atoms with Crippen LogP contribution in [0.25, 0.3) is 44.5 Å². The van der Waals surface area contributed by atoms with Gasteiger partial charge in [-0.15, -0.1) is 0 Å². The van der Waals surface area contributed by atoms with E-state index in [-0.39, 0.29) is 59.3 Å². The Balaban J connectivity index is 1.53. The fourth-order valence-electron chi connectivity index (χ4n) is 5.07. The van der Waals surface area contributed by atoms with Crippen molar-refractivity contribution in [1.29, 1.82) is 0 Å². The van der Waals surface area contributed by atoms with Gasteiger partial charge in [-0.25, -0.2) is 9.37 Å². The predicted octanol–water partition coefficient (Wildman–Crippen LogP) is 9.02. The molecule has 1 aliphatic carbocycles. The summed E-state index contributed by atoms with van der Waals surface area (Å²) in [6.07, 6.45) is 2.02. The van der Waals surface area contributed by atoms with Crippen molar-refractivity contribution in [2.75, 3.05) is 0 Å². The van der Waals surface area contributed by atoms with Gasteiger partial charge in [-0.1, -0.05) is 30.3 Å². The maximum atomic E-state index is 14.6. The van der Waals surface area contributed by atoms with E-state index in [4.69, 9.17) is 18.1 Å². The fraction of sp³-hybridized carbons (Fsp3) is 0.312. The van der Waals surface area contributed by atoms with Crippen LogP contribution in [0.2, 0.25) is 0 Å². The summed E-state index contributed by atoms with van der Waals surface area (Å²) >= 11 is 0. The van der Waals surface area contributed by atoms with Gasteiger partial charge < -0.3 is 4.42 Å². The van der Waals surface area contributed by atoms with E-state index in [0.29, 0.717) is 33.2 Å². The minimum Gasteiger partial charge on any atom is -0.437 e. The maximum absolute atomic E-state index is 14.6. The van der Waals surface area contributed by atoms with Crippen LogP contribution in [0.3, 0.4) is 0 Å². The van der Waals surface area contributed by atoms with Crippen LogP contribution in [0.15, 0.2) is 65.2 Å². The number of pyridine rings is 2. The smallest absolute Gasteiger partial charge is 0.227 e. The van der Waals surface area contributed by atoms with Crippen LogP contribution in [0.4, 0.5) is 4.39 Å². The first-order valence-electron chi connectivity index (χ1n) is 16.9. The fourth-order valence-corrected chi connectivity index (χ4v) is 5.07. The number of fused-ring (bicyclic) bond motifs is 3. The van der Waals surface area contributed by atoms with E-state index in [1.54, 1.807) is 30.3 Å². The van der Waals surface area contributed by atoms with Crippen LogP contribution in [0.5, 0.6) is 0 Å². The van der Waals surface area contributed by atoms with Gasteiger partial charge in [0, 0.05) is 41.9 Å². The summed E-state index contributed by atoms with van der Waals surface area (Å²) in [5, 5.41) is 1.23. The Hall–Kier alpha value is -3.53. The van der Waals surface area contributed by atoms with Crippen LogP contribution in [0, 0.1) is 20.6 Å². The summed E-state index contributed by atoms with van der Waals surface area (Å²) in [5.41, 5.74) is 0.223. The van der Waals surface area contributed by atoms with Gasteiger partial charge in [0.05, 0.1) is 5.69 Å². The molecule has 36 heavy (non-hydrogen) atoms. The minimum absolute atomic E-state index is 0.115. The number of furan rings is 1. The van der Waals surface area contributed by atoms with Gasteiger partial charge in [0.2, 0.25) is 5.71 Å². The molecule has 0 bridgehead atoms. The number of para-hydroxylation sites is 1. The van der Waals surface area contributed by atoms with Crippen LogP contribution < -0.4 is 0 Å². The molecule has 0 atom stereocenters. The molecule has 3 nitrogen and oxygen atoms in total. The Kier molecular flexibility index (Phi) is 3.39. The zero-order valence-corrected chi connectivity index (χ0v) is 19.8. The Morgan fingerprint density at radius 2 is 1.81 bits per heavy atom. The largest absolute Gasteiger partial charge is 0.437 e. The molecular weight excluding hydrogens is 447 g/mol. The molecule has 0 N–H and O–H groups in total. The third-order valence-corrected chi connectivity index (χ3v) is 7.16. The second kappa shape index (κ2) is 8.55. The summed E-state index contributed by atoms with van der Waals surface area (Å²) in [7, 11) is 0. The van der Waals surface area contributed by atoms with Gasteiger partial charge in [-0.3, -0.25) is 4.98 Å². The van der Waals surface area contributed by atoms with Gasteiger partial charge in [-0.2, -0.15) is 0 Å². The quantitative estimate of drug-likeness (QED) is 0.254. The van der Waals surface area contributed by atoms with Crippen molar-refractivity contribution < 1.29 is 22.5 Å². The summed E-state index contributed by atoms with van der Waals surface area (Å²) < 4.78 is 103. The first-order valence-corrected chi connectivity index (χ1v) is 11.9. The molecule has 1 fully saturated rings. The molecule has 4 heteroatoms. The number of rotatable bonds is 3. The number of nitrogens with zero attached hydrogens (tertiary/aromatic N) is 2. The molecule has 0 saturated heterocycles. The van der Waals surface area contributed by atoms with Crippen molar-refractivity contribution >= 4 is 22.1 Å². The Bertz CT molecular complexity index is 1960. The molecule has 2 aromatic carbocycles. The predicted molar refractivity (Wildman–Crippen MR) is 145 cm³/mol. The van der Waals surface area contributed by atoms with E-state index in [2.05, 4.69) is 9.97 Å². The van der Waals surface area contributed by atoms with E-state index in [9.17, 15) is 4.39 Å². The number of benzene rings is 2. The van der Waals surface area contributed by atoms with E-state index >= 15 is 0 Å². The third kappa shape index (κ3) is 3.99. The van der Waals surface area contributed by atoms with Crippen molar-refractivity contribution in [1.82, 2.24) is 9.97 Å². The zero-order valence-electron chi connectivity index (χ0n) is 29.8. The third-order valence-electron chi connectivity index (χ3n) is 7.16. The highest BCUT2D eigenvalue weighted by atomic mass is 19.1. The second-order valence-electron chi connectivity index (χ2n) is 9.73. The van der Waals surface area contributed by atoms with E-state index in [1.807, 2.05) is 0 Å².